The highest BCUT2D eigenvalue weighted by atomic mass is 16.7. The van der Waals surface area contributed by atoms with Gasteiger partial charge in [-0.25, -0.2) is 4.58 Å². The summed E-state index contributed by atoms with van der Waals surface area (Å²) in [6.45, 7) is 2.24. The molecule has 120 valence electrons. The fourth-order valence-electron chi connectivity index (χ4n) is 3.52. The molecular weight excluding hydrogens is 294 g/mol. The van der Waals surface area contributed by atoms with Crippen LogP contribution in [0.5, 0.6) is 11.5 Å². The summed E-state index contributed by atoms with van der Waals surface area (Å²) in [6, 6.07) is 3.97. The van der Waals surface area contributed by atoms with Crippen molar-refractivity contribution in [3.8, 4) is 11.5 Å². The lowest BCUT2D eigenvalue weighted by Crippen LogP contribution is -2.21. The number of benzene rings is 1. The molecule has 5 nitrogen and oxygen atoms in total. The number of hydrogen-bond donors (Lipinski definition) is 0. The van der Waals surface area contributed by atoms with E-state index in [4.69, 9.17) is 14.2 Å². The van der Waals surface area contributed by atoms with Gasteiger partial charge in [-0.15, -0.1) is 0 Å². The Kier molecular flexibility index (Phi) is 3.56. The average Bonchev–Trinajstić information content (AvgIpc) is 3.18. The third-order valence-electron chi connectivity index (χ3n) is 4.76. The van der Waals surface area contributed by atoms with Gasteiger partial charge in [0.25, 0.3) is 0 Å². The number of nitrogens with zero attached hydrogens (tertiary/aromatic N) is 1. The van der Waals surface area contributed by atoms with Crippen LogP contribution >= 0.6 is 0 Å². The molecule has 0 atom stereocenters. The minimum Gasteiger partial charge on any atom is -0.493 e. The molecule has 0 N–H and O–H groups in total. The minimum absolute atomic E-state index is 0.00821. The van der Waals surface area contributed by atoms with Gasteiger partial charge in [0.2, 0.25) is 12.6 Å². The van der Waals surface area contributed by atoms with Crippen LogP contribution in [0.4, 0.5) is 0 Å². The fourth-order valence-corrected chi connectivity index (χ4v) is 3.52. The van der Waals surface area contributed by atoms with Crippen LogP contribution in [0, 0.1) is 0 Å². The van der Waals surface area contributed by atoms with E-state index >= 15 is 0 Å². The maximum Gasteiger partial charge on any atom is 0.231 e. The Bertz CT molecular complexity index is 733. The number of fused-ring (bicyclic) bond motifs is 2. The van der Waals surface area contributed by atoms with E-state index in [-0.39, 0.29) is 12.6 Å². The van der Waals surface area contributed by atoms with Crippen molar-refractivity contribution in [3.63, 3.8) is 0 Å². The predicted octanol–water partition coefficient (Wildman–Crippen LogP) is 1.86. The molecule has 0 saturated carbocycles. The van der Waals surface area contributed by atoms with Crippen molar-refractivity contribution < 1.29 is 23.6 Å². The van der Waals surface area contributed by atoms with Gasteiger partial charge in [-0.05, 0) is 23.3 Å². The molecule has 0 fully saturated rings. The highest BCUT2D eigenvalue weighted by Crippen LogP contribution is 2.35. The van der Waals surface area contributed by atoms with Gasteiger partial charge >= 0.3 is 0 Å². The third-order valence-corrected chi connectivity index (χ3v) is 4.76. The molecule has 4 rings (SSSR count). The topological polar surface area (TPSA) is 47.8 Å². The first-order chi connectivity index (χ1) is 11.2. The van der Waals surface area contributed by atoms with E-state index < -0.39 is 0 Å². The highest BCUT2D eigenvalue weighted by Gasteiger charge is 2.26. The lowest BCUT2D eigenvalue weighted by atomic mass is 9.97. The van der Waals surface area contributed by atoms with Crippen molar-refractivity contribution in [1.82, 2.24) is 0 Å². The molecule has 0 aromatic heterocycles. The molecule has 3 aliphatic heterocycles. The maximum absolute atomic E-state index is 12.6. The minimum atomic E-state index is 0.00821. The zero-order valence-corrected chi connectivity index (χ0v) is 13.3. The van der Waals surface area contributed by atoms with Crippen molar-refractivity contribution >= 4 is 11.5 Å². The van der Waals surface area contributed by atoms with Crippen LogP contribution in [0.1, 0.15) is 24.0 Å². The van der Waals surface area contributed by atoms with Gasteiger partial charge in [0.1, 0.15) is 13.1 Å². The Hall–Kier alpha value is -2.30. The van der Waals surface area contributed by atoms with Crippen molar-refractivity contribution in [2.24, 2.45) is 0 Å². The molecule has 0 radical (unpaired) electrons. The standard InChI is InChI=1S/C18H20NO4/c1-21-16-10-14-3-2-5-19(14)6-4-12-8-17-18(23-11-22-17)9-13(12)7-15(16)20/h8-10H,2-7,11H2,1H3/q+1/b16-10+. The Labute approximate surface area is 135 Å². The van der Waals surface area contributed by atoms with Crippen LogP contribution in [-0.4, -0.2) is 43.1 Å². The molecular formula is C18H20NO4+. The van der Waals surface area contributed by atoms with Gasteiger partial charge in [-0.2, -0.15) is 0 Å². The van der Waals surface area contributed by atoms with Gasteiger partial charge in [0, 0.05) is 25.7 Å². The molecule has 0 unspecified atom stereocenters. The van der Waals surface area contributed by atoms with E-state index in [1.807, 2.05) is 18.2 Å². The summed E-state index contributed by atoms with van der Waals surface area (Å²) in [5, 5.41) is 0. The van der Waals surface area contributed by atoms with Crippen molar-refractivity contribution in [3.05, 3.63) is 35.1 Å². The van der Waals surface area contributed by atoms with E-state index in [1.165, 1.54) is 5.71 Å². The zero-order chi connectivity index (χ0) is 15.8. The van der Waals surface area contributed by atoms with E-state index in [1.54, 1.807) is 7.11 Å². The quantitative estimate of drug-likeness (QED) is 0.743. The molecule has 0 amide bonds. The molecule has 0 aliphatic carbocycles. The van der Waals surface area contributed by atoms with Gasteiger partial charge in [-0.1, -0.05) is 0 Å². The van der Waals surface area contributed by atoms with Gasteiger partial charge in [-0.3, -0.25) is 4.79 Å². The van der Waals surface area contributed by atoms with Crippen molar-refractivity contribution in [2.45, 2.75) is 25.7 Å². The first-order valence-electron chi connectivity index (χ1n) is 8.05. The summed E-state index contributed by atoms with van der Waals surface area (Å²) >= 11 is 0. The largest absolute Gasteiger partial charge is 0.493 e. The molecule has 0 spiro atoms. The van der Waals surface area contributed by atoms with Crippen LogP contribution in [0.15, 0.2) is 24.0 Å². The molecule has 23 heavy (non-hydrogen) atoms. The van der Waals surface area contributed by atoms with Gasteiger partial charge in [0.15, 0.2) is 23.0 Å². The maximum atomic E-state index is 12.6. The highest BCUT2D eigenvalue weighted by molar-refractivity contribution is 6.03. The average molecular weight is 314 g/mol. The van der Waals surface area contributed by atoms with E-state index in [0.29, 0.717) is 12.2 Å². The number of methoxy groups -OCH3 is 1. The molecule has 0 bridgehead atoms. The Morgan fingerprint density at radius 2 is 1.87 bits per heavy atom. The first kappa shape index (κ1) is 14.3. The summed E-state index contributed by atoms with van der Waals surface area (Å²) in [7, 11) is 1.57. The van der Waals surface area contributed by atoms with Gasteiger partial charge < -0.3 is 14.2 Å². The van der Waals surface area contributed by atoms with Crippen LogP contribution in [0.3, 0.4) is 0 Å². The number of ketones is 1. The first-order valence-corrected chi connectivity index (χ1v) is 8.05. The lowest BCUT2D eigenvalue weighted by Gasteiger charge is -2.13. The van der Waals surface area contributed by atoms with Gasteiger partial charge in [0.05, 0.1) is 13.2 Å². The van der Waals surface area contributed by atoms with Crippen molar-refractivity contribution in [1.29, 1.82) is 0 Å². The molecule has 1 aromatic carbocycles. The summed E-state index contributed by atoms with van der Waals surface area (Å²) in [4.78, 5) is 12.6. The third kappa shape index (κ3) is 2.60. The Morgan fingerprint density at radius 1 is 1.09 bits per heavy atom. The second kappa shape index (κ2) is 5.72. The molecule has 3 aliphatic rings. The van der Waals surface area contributed by atoms with Crippen LogP contribution < -0.4 is 9.47 Å². The van der Waals surface area contributed by atoms with E-state index in [0.717, 1.165) is 55.0 Å². The number of carbonyl (C=O) groups is 1. The summed E-state index contributed by atoms with van der Waals surface area (Å²) in [5.74, 6) is 1.96. The van der Waals surface area contributed by atoms with Crippen LogP contribution in [-0.2, 0) is 22.4 Å². The van der Waals surface area contributed by atoms with Crippen LogP contribution in [0.2, 0.25) is 0 Å². The smallest absolute Gasteiger partial charge is 0.231 e. The molecule has 3 heterocycles. The molecule has 1 aromatic rings. The number of hydrogen-bond acceptors (Lipinski definition) is 4. The second-order valence-electron chi connectivity index (χ2n) is 6.12. The van der Waals surface area contributed by atoms with E-state index in [9.17, 15) is 4.79 Å². The monoisotopic (exact) mass is 314 g/mol. The molecule has 5 heteroatoms. The fraction of sp³-hybridized carbons (Fsp3) is 0.444. The van der Waals surface area contributed by atoms with E-state index in [2.05, 4.69) is 4.58 Å². The SMILES string of the molecule is CO/C1=C/C2=[N+](CCC2)CCc2cc3c(cc2CC1=O)OCO3. The number of Topliss-reactive ketones (excluding diaryl/α,β-unsaturated/α-hetero) is 1. The number of carbonyl (C=O) groups excluding carboxylic acids is 1. The van der Waals surface area contributed by atoms with Crippen molar-refractivity contribution in [2.75, 3.05) is 27.0 Å². The van der Waals surface area contributed by atoms with Crippen LogP contribution in [0.25, 0.3) is 0 Å². The number of rotatable bonds is 1. The Morgan fingerprint density at radius 3 is 2.65 bits per heavy atom. The number of allylic oxidation sites excluding steroid dienone is 2. The second-order valence-corrected chi connectivity index (χ2v) is 6.12. The summed E-state index contributed by atoms with van der Waals surface area (Å²) in [6.07, 6.45) is 5.30. The molecule has 0 saturated heterocycles. The predicted molar refractivity (Wildman–Crippen MR) is 84.3 cm³/mol. The Balaban J connectivity index is 1.77. The lowest BCUT2D eigenvalue weighted by molar-refractivity contribution is -0.518. The summed E-state index contributed by atoms with van der Waals surface area (Å²) < 4.78 is 18.7. The summed E-state index contributed by atoms with van der Waals surface area (Å²) in [5.41, 5.74) is 3.37. The zero-order valence-electron chi connectivity index (χ0n) is 13.3. The number of ether oxygens (including phenoxy) is 3. The normalized spacial score (nSPS) is 22.3.